The number of carbonyl (C=O) groups excluding carboxylic acids is 3. The van der Waals surface area contributed by atoms with Crippen LogP contribution in [0.2, 0.25) is 0 Å². The van der Waals surface area contributed by atoms with Crippen LogP contribution in [0.1, 0.15) is 84.8 Å². The fourth-order valence-corrected chi connectivity index (χ4v) is 5.43. The lowest BCUT2D eigenvalue weighted by atomic mass is 9.73. The van der Waals surface area contributed by atoms with E-state index in [0.29, 0.717) is 24.3 Å². The Morgan fingerprint density at radius 1 is 0.814 bits per heavy atom. The number of hydrogen-bond donors (Lipinski definition) is 1. The lowest BCUT2D eigenvalue weighted by Crippen LogP contribution is -2.43. The van der Waals surface area contributed by atoms with Gasteiger partial charge in [-0.25, -0.2) is 4.79 Å². The quantitative estimate of drug-likeness (QED) is 0.297. The molecular formula is C35H44N2O6. The molecule has 8 heteroatoms. The number of ether oxygens (including phenoxy) is 2. The third-order valence-electron chi connectivity index (χ3n) is 7.63. The summed E-state index contributed by atoms with van der Waals surface area (Å²) in [4.78, 5) is 42.6. The number of likely N-dealkylation sites (tertiary alicyclic amines) is 1. The molecule has 2 heterocycles. The Morgan fingerprint density at radius 3 is 1.95 bits per heavy atom. The van der Waals surface area contributed by atoms with Crippen LogP contribution in [-0.2, 0) is 24.5 Å². The highest BCUT2D eigenvalue weighted by Crippen LogP contribution is 2.40. The number of nitrogens with zero attached hydrogens (tertiary/aromatic N) is 2. The van der Waals surface area contributed by atoms with E-state index in [-0.39, 0.29) is 18.1 Å². The number of aromatic hydroxyl groups is 1. The Kier molecular flexibility index (Phi) is 9.09. The molecule has 0 bridgehead atoms. The van der Waals surface area contributed by atoms with Gasteiger partial charge in [0, 0.05) is 19.3 Å². The van der Waals surface area contributed by atoms with E-state index >= 15 is 0 Å². The molecule has 8 nitrogen and oxygen atoms in total. The zero-order chi connectivity index (χ0) is 31.6. The highest BCUT2D eigenvalue weighted by Gasteiger charge is 2.44. The van der Waals surface area contributed by atoms with Gasteiger partial charge >= 0.3 is 12.1 Å². The molecule has 0 spiro atoms. The fraction of sp³-hybridized carbons (Fsp3) is 0.457. The van der Waals surface area contributed by atoms with Crippen molar-refractivity contribution in [1.82, 2.24) is 9.47 Å². The van der Waals surface area contributed by atoms with E-state index < -0.39 is 34.6 Å². The van der Waals surface area contributed by atoms with Gasteiger partial charge < -0.3 is 19.5 Å². The first-order chi connectivity index (χ1) is 20.1. The third kappa shape index (κ3) is 7.66. The van der Waals surface area contributed by atoms with Crippen molar-refractivity contribution < 1.29 is 29.0 Å². The summed E-state index contributed by atoms with van der Waals surface area (Å²) >= 11 is 0. The number of phenolic OH excluding ortho intramolecular Hbond substituents is 1. The predicted molar refractivity (Wildman–Crippen MR) is 166 cm³/mol. The molecule has 1 aliphatic rings. The van der Waals surface area contributed by atoms with Crippen LogP contribution in [0.25, 0.3) is 11.3 Å². The Hall–Kier alpha value is -4.07. The number of aromatic nitrogens is 1. The molecule has 1 saturated heterocycles. The maximum Gasteiger partial charge on any atom is 0.418 e. The normalized spacial score (nSPS) is 15.9. The van der Waals surface area contributed by atoms with Crippen LogP contribution in [0, 0.1) is 0 Å². The number of amides is 1. The molecule has 1 aliphatic heterocycles. The number of esters is 1. The summed E-state index contributed by atoms with van der Waals surface area (Å²) in [5.74, 6) is -1.00. The van der Waals surface area contributed by atoms with Gasteiger partial charge in [-0.1, -0.05) is 36.4 Å². The van der Waals surface area contributed by atoms with Crippen LogP contribution >= 0.6 is 0 Å². The second-order valence-electron chi connectivity index (χ2n) is 13.5. The van der Waals surface area contributed by atoms with Crippen molar-refractivity contribution in [3.8, 4) is 17.0 Å². The van der Waals surface area contributed by atoms with Gasteiger partial charge in [0.1, 0.15) is 17.0 Å². The minimum Gasteiger partial charge on any atom is -0.508 e. The lowest BCUT2D eigenvalue weighted by Gasteiger charge is -2.35. The van der Waals surface area contributed by atoms with Gasteiger partial charge in [-0.05, 0) is 109 Å². The average molecular weight is 589 g/mol. The molecule has 0 radical (unpaired) electrons. The zero-order valence-corrected chi connectivity index (χ0v) is 26.3. The Morgan fingerprint density at radius 2 is 1.40 bits per heavy atom. The van der Waals surface area contributed by atoms with Gasteiger partial charge in [0.2, 0.25) is 5.91 Å². The molecule has 230 valence electrons. The lowest BCUT2D eigenvalue weighted by molar-refractivity contribution is -0.162. The molecule has 0 aliphatic carbocycles. The van der Waals surface area contributed by atoms with Gasteiger partial charge in [0.15, 0.2) is 0 Å². The number of rotatable bonds is 7. The van der Waals surface area contributed by atoms with E-state index in [4.69, 9.17) is 9.47 Å². The summed E-state index contributed by atoms with van der Waals surface area (Å²) in [5, 5.41) is 9.95. The SMILES string of the molecule is CC(C)(C)OC(=O)n1cccc1-c1ccc([C@H](C[C@](C)(C(=O)OC(C)(C)C)c2ccc(O)cc2)C(=O)N2CCCC2)cc1. The first-order valence-corrected chi connectivity index (χ1v) is 14.9. The van der Waals surface area contributed by atoms with Crippen LogP contribution in [0.5, 0.6) is 5.75 Å². The maximum atomic E-state index is 14.1. The molecule has 2 aromatic carbocycles. The molecule has 3 aromatic rings. The van der Waals surface area contributed by atoms with Crippen molar-refractivity contribution in [2.75, 3.05) is 13.1 Å². The van der Waals surface area contributed by atoms with E-state index in [9.17, 15) is 19.5 Å². The smallest absolute Gasteiger partial charge is 0.418 e. The van der Waals surface area contributed by atoms with E-state index in [0.717, 1.165) is 24.0 Å². The van der Waals surface area contributed by atoms with Gasteiger partial charge in [0.25, 0.3) is 0 Å². The predicted octanol–water partition coefficient (Wildman–Crippen LogP) is 7.04. The standard InChI is InChI=1S/C35H44N2O6/c1-33(2,3)42-31(40)35(7,26-16-18-27(38)19-17-26)23-28(30(39)36-20-8-9-21-36)24-12-14-25(15-13-24)29-11-10-22-37(29)32(41)43-34(4,5)6/h10-19,22,28,38H,8-9,20-21,23H2,1-7H3/t28-,35-/m0/s1. The molecule has 1 amide bonds. The first-order valence-electron chi connectivity index (χ1n) is 14.9. The summed E-state index contributed by atoms with van der Waals surface area (Å²) in [6.07, 6.45) is 3.26. The fourth-order valence-electron chi connectivity index (χ4n) is 5.43. The molecule has 4 rings (SSSR count). The number of carbonyl (C=O) groups is 3. The van der Waals surface area contributed by atoms with E-state index in [1.807, 2.05) is 76.8 Å². The van der Waals surface area contributed by atoms with Crippen LogP contribution < -0.4 is 0 Å². The second kappa shape index (κ2) is 12.3. The molecule has 1 fully saturated rings. The van der Waals surface area contributed by atoms with Crippen molar-refractivity contribution >= 4 is 18.0 Å². The molecule has 1 aromatic heterocycles. The highest BCUT2D eigenvalue weighted by molar-refractivity contribution is 5.88. The molecule has 43 heavy (non-hydrogen) atoms. The molecule has 0 unspecified atom stereocenters. The summed E-state index contributed by atoms with van der Waals surface area (Å²) in [5.41, 5.74) is 0.352. The molecule has 2 atom stereocenters. The Labute approximate surface area is 254 Å². The summed E-state index contributed by atoms with van der Waals surface area (Å²) < 4.78 is 12.9. The van der Waals surface area contributed by atoms with Crippen molar-refractivity contribution in [2.24, 2.45) is 0 Å². The maximum absolute atomic E-state index is 14.1. The highest BCUT2D eigenvalue weighted by atomic mass is 16.6. The van der Waals surface area contributed by atoms with Crippen LogP contribution in [0.3, 0.4) is 0 Å². The van der Waals surface area contributed by atoms with Crippen molar-refractivity contribution in [1.29, 1.82) is 0 Å². The van der Waals surface area contributed by atoms with Gasteiger partial charge in [0.05, 0.1) is 17.0 Å². The second-order valence-corrected chi connectivity index (χ2v) is 13.5. The Balaban J connectivity index is 1.73. The topological polar surface area (TPSA) is 98.1 Å². The van der Waals surface area contributed by atoms with E-state index in [1.165, 1.54) is 4.57 Å². The minimum absolute atomic E-state index is 0.0315. The van der Waals surface area contributed by atoms with Gasteiger partial charge in [-0.15, -0.1) is 0 Å². The van der Waals surface area contributed by atoms with Crippen LogP contribution in [0.4, 0.5) is 4.79 Å². The first kappa shape index (κ1) is 31.9. The molecular weight excluding hydrogens is 544 g/mol. The average Bonchev–Trinajstić information content (AvgIpc) is 3.63. The minimum atomic E-state index is -1.18. The third-order valence-corrected chi connectivity index (χ3v) is 7.63. The number of phenols is 1. The largest absolute Gasteiger partial charge is 0.508 e. The zero-order valence-electron chi connectivity index (χ0n) is 26.3. The van der Waals surface area contributed by atoms with Crippen LogP contribution in [0.15, 0.2) is 66.9 Å². The summed E-state index contributed by atoms with van der Waals surface area (Å²) in [7, 11) is 0. The van der Waals surface area contributed by atoms with E-state index in [1.54, 1.807) is 43.5 Å². The van der Waals surface area contributed by atoms with Gasteiger partial charge in [-0.3, -0.25) is 14.2 Å². The van der Waals surface area contributed by atoms with Crippen molar-refractivity contribution in [3.05, 3.63) is 78.0 Å². The monoisotopic (exact) mass is 588 g/mol. The summed E-state index contributed by atoms with van der Waals surface area (Å²) in [6, 6.07) is 17.7. The molecule has 1 N–H and O–H groups in total. The number of benzene rings is 2. The van der Waals surface area contributed by atoms with Crippen molar-refractivity contribution in [3.63, 3.8) is 0 Å². The van der Waals surface area contributed by atoms with Crippen LogP contribution in [-0.4, -0.2) is 56.8 Å². The molecule has 0 saturated carbocycles. The van der Waals surface area contributed by atoms with Crippen molar-refractivity contribution in [2.45, 2.75) is 90.3 Å². The number of hydrogen-bond acceptors (Lipinski definition) is 6. The summed E-state index contributed by atoms with van der Waals surface area (Å²) in [6.45, 7) is 14.1. The Bertz CT molecular complexity index is 1440. The van der Waals surface area contributed by atoms with Gasteiger partial charge in [-0.2, -0.15) is 0 Å². The van der Waals surface area contributed by atoms with E-state index in [2.05, 4.69) is 0 Å².